The largest absolute Gasteiger partial charge is 0.352 e. The third kappa shape index (κ3) is 4.65. The molecule has 2 N–H and O–H groups in total. The van der Waals surface area contributed by atoms with Gasteiger partial charge < -0.3 is 10.6 Å². The topological polar surface area (TPSA) is 58.2 Å². The van der Waals surface area contributed by atoms with E-state index in [4.69, 9.17) is 11.6 Å². The molecule has 0 bridgehead atoms. The molecule has 3 aromatic carbocycles. The van der Waals surface area contributed by atoms with Crippen molar-refractivity contribution in [1.82, 2.24) is 5.32 Å². The zero-order valence-electron chi connectivity index (χ0n) is 16.8. The Balaban J connectivity index is 1.54. The molecule has 4 rings (SSSR count). The predicted octanol–water partition coefficient (Wildman–Crippen LogP) is 6.06. The summed E-state index contributed by atoms with van der Waals surface area (Å²) in [4.78, 5) is 25.9. The van der Waals surface area contributed by atoms with Gasteiger partial charge in [0.25, 0.3) is 11.8 Å². The van der Waals surface area contributed by atoms with E-state index in [1.165, 1.54) is 19.3 Å². The number of halogens is 1. The lowest BCUT2D eigenvalue weighted by Crippen LogP contribution is -2.31. The van der Waals surface area contributed by atoms with Gasteiger partial charge in [-0.3, -0.25) is 9.59 Å². The first kappa shape index (κ1) is 20.4. The Hall–Kier alpha value is -2.85. The quantitative estimate of drug-likeness (QED) is 0.527. The standard InChI is InChI=1S/C25H25ClN2O2/c26-19-13-14-22(24(29)27-16-17-7-2-1-3-8-17)23(15-19)28-25(30)21-12-6-10-18-9-4-5-11-20(18)21/h4-6,9-15,17H,1-3,7-8,16H2,(H,27,29)(H,28,30). The summed E-state index contributed by atoms with van der Waals surface area (Å²) in [5.41, 5.74) is 1.40. The monoisotopic (exact) mass is 420 g/mol. The van der Waals surface area contributed by atoms with E-state index in [-0.39, 0.29) is 11.8 Å². The number of hydrogen-bond acceptors (Lipinski definition) is 2. The maximum absolute atomic E-state index is 13.0. The van der Waals surface area contributed by atoms with Crippen LogP contribution in [0.4, 0.5) is 5.69 Å². The fraction of sp³-hybridized carbons (Fsp3) is 0.280. The summed E-state index contributed by atoms with van der Waals surface area (Å²) in [7, 11) is 0. The van der Waals surface area contributed by atoms with E-state index in [2.05, 4.69) is 10.6 Å². The number of carbonyl (C=O) groups is 2. The average Bonchev–Trinajstić information content (AvgIpc) is 2.78. The smallest absolute Gasteiger partial charge is 0.256 e. The first-order chi connectivity index (χ1) is 14.6. The van der Waals surface area contributed by atoms with Crippen molar-refractivity contribution in [2.24, 2.45) is 5.92 Å². The Bertz CT molecular complexity index is 1070. The Kier molecular flexibility index (Phi) is 6.34. The molecule has 1 fully saturated rings. The molecule has 0 atom stereocenters. The van der Waals surface area contributed by atoms with Gasteiger partial charge in [0, 0.05) is 17.1 Å². The highest BCUT2D eigenvalue weighted by molar-refractivity contribution is 6.31. The summed E-state index contributed by atoms with van der Waals surface area (Å²) in [6.07, 6.45) is 6.06. The van der Waals surface area contributed by atoms with Crippen molar-refractivity contribution in [2.75, 3.05) is 11.9 Å². The fourth-order valence-electron chi connectivity index (χ4n) is 4.15. The maximum Gasteiger partial charge on any atom is 0.256 e. The van der Waals surface area contributed by atoms with Crippen LogP contribution in [0, 0.1) is 5.92 Å². The second kappa shape index (κ2) is 9.31. The summed E-state index contributed by atoms with van der Waals surface area (Å²) >= 11 is 6.16. The average molecular weight is 421 g/mol. The molecule has 0 aliphatic heterocycles. The van der Waals surface area contributed by atoms with Crippen LogP contribution in [0.15, 0.2) is 60.7 Å². The van der Waals surface area contributed by atoms with E-state index in [9.17, 15) is 9.59 Å². The molecule has 154 valence electrons. The van der Waals surface area contributed by atoms with Crippen molar-refractivity contribution in [1.29, 1.82) is 0 Å². The Morgan fingerprint density at radius 3 is 2.47 bits per heavy atom. The number of hydrogen-bond donors (Lipinski definition) is 2. The summed E-state index contributed by atoms with van der Waals surface area (Å²) in [6.45, 7) is 0.665. The third-order valence-corrected chi connectivity index (χ3v) is 6.02. The van der Waals surface area contributed by atoms with Crippen LogP contribution in [0.1, 0.15) is 52.8 Å². The minimum absolute atomic E-state index is 0.189. The Morgan fingerprint density at radius 2 is 1.63 bits per heavy atom. The van der Waals surface area contributed by atoms with E-state index in [0.29, 0.717) is 34.3 Å². The lowest BCUT2D eigenvalue weighted by atomic mass is 9.89. The molecule has 0 heterocycles. The highest BCUT2D eigenvalue weighted by Crippen LogP contribution is 2.26. The zero-order chi connectivity index (χ0) is 20.9. The van der Waals surface area contributed by atoms with E-state index in [1.54, 1.807) is 24.3 Å². The van der Waals surface area contributed by atoms with Gasteiger partial charge in [0.1, 0.15) is 0 Å². The third-order valence-electron chi connectivity index (χ3n) is 5.78. The van der Waals surface area contributed by atoms with Gasteiger partial charge in [0.2, 0.25) is 0 Å². The van der Waals surface area contributed by atoms with Gasteiger partial charge in [-0.2, -0.15) is 0 Å². The molecule has 5 heteroatoms. The van der Waals surface area contributed by atoms with Crippen LogP contribution in [-0.4, -0.2) is 18.4 Å². The highest BCUT2D eigenvalue weighted by atomic mass is 35.5. The van der Waals surface area contributed by atoms with Crippen LogP contribution >= 0.6 is 11.6 Å². The predicted molar refractivity (Wildman–Crippen MR) is 122 cm³/mol. The summed E-state index contributed by atoms with van der Waals surface area (Å²) in [6, 6.07) is 18.3. The number of anilines is 1. The van der Waals surface area contributed by atoms with E-state index < -0.39 is 0 Å². The Labute approximate surface area is 181 Å². The number of fused-ring (bicyclic) bond motifs is 1. The lowest BCUT2D eigenvalue weighted by Gasteiger charge is -2.22. The van der Waals surface area contributed by atoms with Gasteiger partial charge in [-0.05, 0) is 53.8 Å². The first-order valence-corrected chi connectivity index (χ1v) is 10.9. The number of amides is 2. The van der Waals surface area contributed by atoms with Crippen LogP contribution < -0.4 is 10.6 Å². The molecule has 30 heavy (non-hydrogen) atoms. The zero-order valence-corrected chi connectivity index (χ0v) is 17.5. The van der Waals surface area contributed by atoms with Crippen molar-refractivity contribution in [3.05, 3.63) is 76.8 Å². The Morgan fingerprint density at radius 1 is 0.867 bits per heavy atom. The highest BCUT2D eigenvalue weighted by Gasteiger charge is 2.19. The number of rotatable bonds is 5. The van der Waals surface area contributed by atoms with Gasteiger partial charge in [-0.1, -0.05) is 67.3 Å². The molecule has 3 aromatic rings. The molecule has 2 amide bonds. The van der Waals surface area contributed by atoms with Gasteiger partial charge in [0.15, 0.2) is 0 Å². The summed E-state index contributed by atoms with van der Waals surface area (Å²) in [5, 5.41) is 8.25. The van der Waals surface area contributed by atoms with Crippen molar-refractivity contribution < 1.29 is 9.59 Å². The molecule has 0 aromatic heterocycles. The minimum Gasteiger partial charge on any atom is -0.352 e. The summed E-state index contributed by atoms with van der Waals surface area (Å²) < 4.78 is 0. The van der Waals surface area contributed by atoms with Crippen molar-refractivity contribution in [2.45, 2.75) is 32.1 Å². The number of benzene rings is 3. The second-order valence-electron chi connectivity index (χ2n) is 7.88. The number of carbonyl (C=O) groups excluding carboxylic acids is 2. The maximum atomic E-state index is 13.0. The van der Waals surface area contributed by atoms with Crippen LogP contribution in [-0.2, 0) is 0 Å². The van der Waals surface area contributed by atoms with Gasteiger partial charge in [-0.15, -0.1) is 0 Å². The number of nitrogens with one attached hydrogen (secondary N) is 2. The van der Waals surface area contributed by atoms with Gasteiger partial charge in [0.05, 0.1) is 11.3 Å². The van der Waals surface area contributed by atoms with Crippen molar-refractivity contribution in [3.63, 3.8) is 0 Å². The van der Waals surface area contributed by atoms with E-state index in [1.807, 2.05) is 36.4 Å². The molecule has 4 nitrogen and oxygen atoms in total. The minimum atomic E-state index is -0.268. The molecule has 0 spiro atoms. The van der Waals surface area contributed by atoms with Crippen LogP contribution in [0.5, 0.6) is 0 Å². The molecule has 0 unspecified atom stereocenters. The van der Waals surface area contributed by atoms with Crippen LogP contribution in [0.25, 0.3) is 10.8 Å². The fourth-order valence-corrected chi connectivity index (χ4v) is 4.33. The van der Waals surface area contributed by atoms with Crippen LogP contribution in [0.3, 0.4) is 0 Å². The molecule has 1 aliphatic carbocycles. The molecular weight excluding hydrogens is 396 g/mol. The molecule has 0 saturated heterocycles. The van der Waals surface area contributed by atoms with Crippen molar-refractivity contribution >= 4 is 39.9 Å². The summed E-state index contributed by atoms with van der Waals surface area (Å²) in [5.74, 6) is 0.0737. The van der Waals surface area contributed by atoms with Gasteiger partial charge in [-0.25, -0.2) is 0 Å². The lowest BCUT2D eigenvalue weighted by molar-refractivity contribution is 0.0944. The van der Waals surface area contributed by atoms with Crippen LogP contribution in [0.2, 0.25) is 5.02 Å². The normalized spacial score (nSPS) is 14.4. The molecule has 1 aliphatic rings. The first-order valence-electron chi connectivity index (χ1n) is 10.5. The molecular formula is C25H25ClN2O2. The SMILES string of the molecule is O=C(NCC1CCCCC1)c1ccc(Cl)cc1NC(=O)c1cccc2ccccc12. The van der Waals surface area contributed by atoms with Crippen molar-refractivity contribution in [3.8, 4) is 0 Å². The van der Waals surface area contributed by atoms with E-state index in [0.717, 1.165) is 23.6 Å². The van der Waals surface area contributed by atoms with E-state index >= 15 is 0 Å². The molecule has 1 saturated carbocycles. The van der Waals surface area contributed by atoms with Gasteiger partial charge >= 0.3 is 0 Å². The second-order valence-corrected chi connectivity index (χ2v) is 8.32. The molecule has 0 radical (unpaired) electrons.